The lowest BCUT2D eigenvalue weighted by Crippen LogP contribution is -1.83. The van der Waals surface area contributed by atoms with Gasteiger partial charge in [-0.25, -0.2) is 0 Å². The van der Waals surface area contributed by atoms with Crippen molar-refractivity contribution in [1.82, 2.24) is 0 Å². The zero-order chi connectivity index (χ0) is 10.7. The summed E-state index contributed by atoms with van der Waals surface area (Å²) in [6.07, 6.45) is 0. The van der Waals surface area contributed by atoms with E-state index in [0.717, 1.165) is 15.1 Å². The molecule has 0 bridgehead atoms. The third-order valence-electron chi connectivity index (χ3n) is 1.92. The third-order valence-corrected chi connectivity index (χ3v) is 3.94. The summed E-state index contributed by atoms with van der Waals surface area (Å²) in [7, 11) is 0. The molecule has 0 atom stereocenters. The van der Waals surface area contributed by atoms with E-state index >= 15 is 0 Å². The highest BCUT2D eigenvalue weighted by Gasteiger charge is 2.01. The van der Waals surface area contributed by atoms with E-state index in [1.54, 1.807) is 11.8 Å². The van der Waals surface area contributed by atoms with Crippen LogP contribution in [-0.2, 0) is 0 Å². The minimum absolute atomic E-state index is 0.798. The molecule has 2 rings (SSSR count). The summed E-state index contributed by atoms with van der Waals surface area (Å²) in [5, 5.41) is 0. The summed E-state index contributed by atoms with van der Waals surface area (Å²) < 4.78 is 1.11. The first-order valence-corrected chi connectivity index (χ1v) is 6.14. The van der Waals surface area contributed by atoms with Gasteiger partial charge in [-0.3, -0.25) is 0 Å². The highest BCUT2D eigenvalue weighted by molar-refractivity contribution is 9.10. The summed E-state index contributed by atoms with van der Waals surface area (Å²) in [6.45, 7) is 0. The Bertz CT molecular complexity index is 471. The van der Waals surface area contributed by atoms with Gasteiger partial charge in [0.1, 0.15) is 0 Å². The minimum Gasteiger partial charge on any atom is -0.399 e. The molecular formula is C12H10BrNS. The van der Waals surface area contributed by atoms with Crippen LogP contribution in [0.3, 0.4) is 0 Å². The van der Waals surface area contributed by atoms with Crippen LogP contribution in [-0.4, -0.2) is 0 Å². The van der Waals surface area contributed by atoms with Crippen molar-refractivity contribution in [2.75, 3.05) is 5.73 Å². The van der Waals surface area contributed by atoms with Crippen molar-refractivity contribution < 1.29 is 0 Å². The largest absolute Gasteiger partial charge is 0.399 e. The quantitative estimate of drug-likeness (QED) is 0.835. The molecule has 0 saturated carbocycles. The Morgan fingerprint density at radius 2 is 1.80 bits per heavy atom. The Labute approximate surface area is 102 Å². The fourth-order valence-corrected chi connectivity index (χ4v) is 2.67. The number of hydrogen-bond donors (Lipinski definition) is 1. The van der Waals surface area contributed by atoms with E-state index in [0.29, 0.717) is 0 Å². The Morgan fingerprint density at radius 1 is 1.00 bits per heavy atom. The van der Waals surface area contributed by atoms with E-state index in [1.165, 1.54) is 4.90 Å². The molecule has 0 radical (unpaired) electrons. The molecule has 2 N–H and O–H groups in total. The summed E-state index contributed by atoms with van der Waals surface area (Å²) in [5.41, 5.74) is 6.52. The molecule has 76 valence electrons. The molecule has 0 amide bonds. The Kier molecular flexibility index (Phi) is 3.34. The maximum atomic E-state index is 5.73. The smallest absolute Gasteiger partial charge is 0.0325 e. The number of rotatable bonds is 2. The molecule has 15 heavy (non-hydrogen) atoms. The molecular weight excluding hydrogens is 270 g/mol. The van der Waals surface area contributed by atoms with Crippen LogP contribution in [0.1, 0.15) is 0 Å². The number of nitrogens with two attached hydrogens (primary N) is 1. The summed E-state index contributed by atoms with van der Waals surface area (Å²) in [6, 6.07) is 16.0. The van der Waals surface area contributed by atoms with Crippen molar-refractivity contribution in [3.05, 3.63) is 53.0 Å². The van der Waals surface area contributed by atoms with E-state index in [2.05, 4.69) is 28.1 Å². The molecule has 0 unspecified atom stereocenters. The van der Waals surface area contributed by atoms with Gasteiger partial charge in [0.2, 0.25) is 0 Å². The summed E-state index contributed by atoms with van der Waals surface area (Å²) in [4.78, 5) is 2.35. The van der Waals surface area contributed by atoms with Crippen LogP contribution < -0.4 is 5.73 Å². The van der Waals surface area contributed by atoms with Crippen molar-refractivity contribution in [1.29, 1.82) is 0 Å². The lowest BCUT2D eigenvalue weighted by atomic mass is 10.3. The molecule has 0 aliphatic heterocycles. The molecule has 0 aliphatic carbocycles. The molecule has 3 heteroatoms. The van der Waals surface area contributed by atoms with Crippen molar-refractivity contribution in [3.8, 4) is 0 Å². The molecule has 0 saturated heterocycles. The first kappa shape index (κ1) is 10.6. The second kappa shape index (κ2) is 4.73. The predicted octanol–water partition coefficient (Wildman–Crippen LogP) is 4.18. The van der Waals surface area contributed by atoms with Crippen molar-refractivity contribution in [3.63, 3.8) is 0 Å². The SMILES string of the molecule is Nc1cccc(Sc2ccccc2Br)c1. The number of benzene rings is 2. The molecule has 0 heterocycles. The lowest BCUT2D eigenvalue weighted by Gasteiger charge is -2.04. The van der Waals surface area contributed by atoms with E-state index in [-0.39, 0.29) is 0 Å². The van der Waals surface area contributed by atoms with Crippen LogP contribution in [0.2, 0.25) is 0 Å². The molecule has 0 spiro atoms. The van der Waals surface area contributed by atoms with Crippen molar-refractivity contribution >= 4 is 33.4 Å². The summed E-state index contributed by atoms with van der Waals surface area (Å²) in [5.74, 6) is 0. The Hall–Kier alpha value is -0.930. The van der Waals surface area contributed by atoms with Crippen LogP contribution in [0.25, 0.3) is 0 Å². The number of nitrogen functional groups attached to an aromatic ring is 1. The molecule has 0 aromatic heterocycles. The van der Waals surface area contributed by atoms with E-state index < -0.39 is 0 Å². The van der Waals surface area contributed by atoms with Gasteiger partial charge in [0.25, 0.3) is 0 Å². The number of hydrogen-bond acceptors (Lipinski definition) is 2. The zero-order valence-corrected chi connectivity index (χ0v) is 10.4. The third kappa shape index (κ3) is 2.76. The standard InChI is InChI=1S/C12H10BrNS/c13-11-6-1-2-7-12(11)15-10-5-3-4-9(14)8-10/h1-8H,14H2. The predicted molar refractivity (Wildman–Crippen MR) is 69.1 cm³/mol. The maximum Gasteiger partial charge on any atom is 0.0325 e. The highest BCUT2D eigenvalue weighted by atomic mass is 79.9. The van der Waals surface area contributed by atoms with Crippen LogP contribution in [0.5, 0.6) is 0 Å². The highest BCUT2D eigenvalue weighted by Crippen LogP contribution is 2.33. The molecule has 2 aromatic carbocycles. The number of anilines is 1. The van der Waals surface area contributed by atoms with Crippen molar-refractivity contribution in [2.24, 2.45) is 0 Å². The number of halogens is 1. The van der Waals surface area contributed by atoms with E-state index in [9.17, 15) is 0 Å². The zero-order valence-electron chi connectivity index (χ0n) is 7.98. The Balaban J connectivity index is 2.26. The van der Waals surface area contributed by atoms with Crippen LogP contribution in [0.4, 0.5) is 5.69 Å². The van der Waals surface area contributed by atoms with Gasteiger partial charge in [-0.2, -0.15) is 0 Å². The summed E-state index contributed by atoms with van der Waals surface area (Å²) >= 11 is 5.22. The fraction of sp³-hybridized carbons (Fsp3) is 0. The second-order valence-corrected chi connectivity index (χ2v) is 5.07. The van der Waals surface area contributed by atoms with Gasteiger partial charge in [-0.1, -0.05) is 30.0 Å². The van der Waals surface area contributed by atoms with Gasteiger partial charge in [-0.05, 0) is 46.3 Å². The van der Waals surface area contributed by atoms with Gasteiger partial charge in [0.15, 0.2) is 0 Å². The molecule has 1 nitrogen and oxygen atoms in total. The van der Waals surface area contributed by atoms with Gasteiger partial charge in [0, 0.05) is 20.0 Å². The maximum absolute atomic E-state index is 5.73. The Morgan fingerprint density at radius 3 is 2.53 bits per heavy atom. The van der Waals surface area contributed by atoms with E-state index in [1.807, 2.05) is 36.4 Å². The second-order valence-electron chi connectivity index (χ2n) is 3.10. The first-order chi connectivity index (χ1) is 7.25. The van der Waals surface area contributed by atoms with Gasteiger partial charge < -0.3 is 5.73 Å². The average Bonchev–Trinajstić information content (AvgIpc) is 2.22. The van der Waals surface area contributed by atoms with Crippen LogP contribution >= 0.6 is 27.7 Å². The molecule has 2 aromatic rings. The monoisotopic (exact) mass is 279 g/mol. The van der Waals surface area contributed by atoms with Crippen LogP contribution in [0.15, 0.2) is 62.8 Å². The first-order valence-electron chi connectivity index (χ1n) is 4.53. The minimum atomic E-state index is 0.798. The van der Waals surface area contributed by atoms with Gasteiger partial charge >= 0.3 is 0 Å². The normalized spacial score (nSPS) is 10.2. The molecule has 0 aliphatic rings. The topological polar surface area (TPSA) is 26.0 Å². The molecule has 0 fully saturated rings. The van der Waals surface area contributed by atoms with Crippen molar-refractivity contribution in [2.45, 2.75) is 9.79 Å². The van der Waals surface area contributed by atoms with E-state index in [4.69, 9.17) is 5.73 Å². The van der Waals surface area contributed by atoms with Gasteiger partial charge in [-0.15, -0.1) is 0 Å². The average molecular weight is 280 g/mol. The van der Waals surface area contributed by atoms with Crippen LogP contribution in [0, 0.1) is 0 Å². The fourth-order valence-electron chi connectivity index (χ4n) is 1.23. The lowest BCUT2D eigenvalue weighted by molar-refractivity contribution is 1.37. The van der Waals surface area contributed by atoms with Gasteiger partial charge in [0.05, 0.1) is 0 Å².